The van der Waals surface area contributed by atoms with Crippen LogP contribution in [0.1, 0.15) is 20.8 Å². The van der Waals surface area contributed by atoms with Gasteiger partial charge < -0.3 is 16.0 Å². The normalized spacial score (nSPS) is 10.8. The summed E-state index contributed by atoms with van der Waals surface area (Å²) in [5, 5.41) is 8.23. The minimum Gasteiger partial charge on any atom is -0.357 e. The van der Waals surface area contributed by atoms with Gasteiger partial charge in [-0.05, 0) is 20.8 Å². The highest BCUT2D eigenvalue weighted by Gasteiger charge is 2.34. The van der Waals surface area contributed by atoms with Crippen LogP contribution in [0.4, 0.5) is 0 Å². The first-order valence-corrected chi connectivity index (χ1v) is 10.3. The van der Waals surface area contributed by atoms with E-state index >= 15 is 0 Å². The second kappa shape index (κ2) is 9.52. The van der Waals surface area contributed by atoms with Crippen molar-refractivity contribution in [2.45, 2.75) is 45.5 Å². The molecule has 0 fully saturated rings. The number of nitrogens with one attached hydrogen (secondary N) is 3. The van der Waals surface area contributed by atoms with Crippen molar-refractivity contribution in [2.75, 3.05) is 19.6 Å². The van der Waals surface area contributed by atoms with Crippen LogP contribution in [0.5, 0.6) is 0 Å². The monoisotopic (exact) mass is 301 g/mol. The number of amides is 3. The lowest BCUT2D eigenvalue weighted by Crippen LogP contribution is -2.45. The van der Waals surface area contributed by atoms with Gasteiger partial charge in [0.15, 0.2) is 0 Å². The Morgan fingerprint density at radius 1 is 0.700 bits per heavy atom. The van der Waals surface area contributed by atoms with E-state index in [1.54, 1.807) is 0 Å². The van der Waals surface area contributed by atoms with Crippen molar-refractivity contribution < 1.29 is 14.4 Å². The first-order valence-electron chi connectivity index (χ1n) is 7.17. The molecule has 6 nitrogen and oxygen atoms in total. The van der Waals surface area contributed by atoms with Crippen molar-refractivity contribution in [2.24, 2.45) is 0 Å². The predicted octanol–water partition coefficient (Wildman–Crippen LogP) is 0.473. The summed E-state index contributed by atoms with van der Waals surface area (Å²) < 4.78 is 0. The maximum absolute atomic E-state index is 11.8. The van der Waals surface area contributed by atoms with Crippen molar-refractivity contribution in [1.82, 2.24) is 16.0 Å². The Bertz CT molecular complexity index is 297. The summed E-state index contributed by atoms with van der Waals surface area (Å²) in [6.07, 6.45) is 0. The molecule has 0 spiro atoms. The number of hydrogen-bond donors (Lipinski definition) is 3. The first-order chi connectivity index (χ1) is 9.36. The van der Waals surface area contributed by atoms with Gasteiger partial charge in [-0.3, -0.25) is 14.4 Å². The zero-order chi connectivity index (χ0) is 15.6. The van der Waals surface area contributed by atoms with Crippen LogP contribution in [0.15, 0.2) is 0 Å². The Labute approximate surface area is 122 Å². The predicted molar refractivity (Wildman–Crippen MR) is 82.1 cm³/mol. The molecule has 0 aromatic rings. The maximum Gasteiger partial charge on any atom is 0.217 e. The summed E-state index contributed by atoms with van der Waals surface area (Å²) >= 11 is 0. The van der Waals surface area contributed by atoms with Gasteiger partial charge in [-0.25, -0.2) is 0 Å². The molecule has 3 N–H and O–H groups in total. The highest BCUT2D eigenvalue weighted by atomic mass is 28.3. The molecule has 0 unspecified atom stereocenters. The van der Waals surface area contributed by atoms with E-state index in [0.717, 1.165) is 0 Å². The highest BCUT2D eigenvalue weighted by Crippen LogP contribution is 2.21. The van der Waals surface area contributed by atoms with Gasteiger partial charge in [-0.2, -0.15) is 0 Å². The minimum absolute atomic E-state index is 0.0738. The highest BCUT2D eigenvalue weighted by molar-refractivity contribution is 6.85. The molecule has 0 rings (SSSR count). The second-order valence-electron chi connectivity index (χ2n) is 5.20. The van der Waals surface area contributed by atoms with Crippen LogP contribution in [0.25, 0.3) is 0 Å². The third-order valence-electron chi connectivity index (χ3n) is 2.88. The molecular formula is C13H27N3O3Si. The van der Waals surface area contributed by atoms with E-state index in [-0.39, 0.29) is 17.7 Å². The quantitative estimate of drug-likeness (QED) is 0.541. The van der Waals surface area contributed by atoms with Crippen LogP contribution in [0.3, 0.4) is 0 Å². The van der Waals surface area contributed by atoms with Crippen LogP contribution in [-0.4, -0.2) is 45.4 Å². The Morgan fingerprint density at radius 3 is 1.15 bits per heavy atom. The first kappa shape index (κ1) is 18.6. The molecule has 0 saturated carbocycles. The minimum atomic E-state index is -2.29. The average molecular weight is 301 g/mol. The average Bonchev–Trinajstić information content (AvgIpc) is 2.28. The fraction of sp³-hybridized carbons (Fsp3) is 0.769. The van der Waals surface area contributed by atoms with E-state index in [0.29, 0.717) is 37.8 Å². The maximum atomic E-state index is 11.8. The summed E-state index contributed by atoms with van der Waals surface area (Å²) in [5.41, 5.74) is 0. The van der Waals surface area contributed by atoms with Gasteiger partial charge in [-0.15, -0.1) is 0 Å². The summed E-state index contributed by atoms with van der Waals surface area (Å²) in [4.78, 5) is 35.4. The van der Waals surface area contributed by atoms with E-state index in [2.05, 4.69) is 16.0 Å². The molecule has 0 saturated heterocycles. The van der Waals surface area contributed by atoms with Gasteiger partial charge in [0.05, 0.1) is 8.07 Å². The second-order valence-corrected chi connectivity index (χ2v) is 9.88. The zero-order valence-corrected chi connectivity index (χ0v) is 14.0. The number of rotatable bonds is 9. The molecule has 20 heavy (non-hydrogen) atoms. The molecule has 0 aromatic heterocycles. The summed E-state index contributed by atoms with van der Waals surface area (Å²) in [6.45, 7) is 9.18. The molecule has 0 aliphatic carbocycles. The van der Waals surface area contributed by atoms with Crippen molar-refractivity contribution >= 4 is 25.8 Å². The molecule has 0 aliphatic rings. The van der Waals surface area contributed by atoms with E-state index in [1.807, 2.05) is 27.3 Å². The Balaban J connectivity index is 4.77. The third kappa shape index (κ3) is 7.93. The lowest BCUT2D eigenvalue weighted by atomic mass is 10.6. The Kier molecular flexibility index (Phi) is 8.86. The summed E-state index contributed by atoms with van der Waals surface area (Å²) in [6, 6.07) is 0.902. The van der Waals surface area contributed by atoms with Gasteiger partial charge in [0.1, 0.15) is 0 Å². The molecule has 3 amide bonds. The molecule has 116 valence electrons. The SMILES string of the molecule is CCNC(=O)C[Si](C)(CC(=O)NCC)CC(=O)NCC. The van der Waals surface area contributed by atoms with Crippen LogP contribution in [0, 0.1) is 0 Å². The van der Waals surface area contributed by atoms with E-state index < -0.39 is 8.07 Å². The van der Waals surface area contributed by atoms with Crippen molar-refractivity contribution in [3.8, 4) is 0 Å². The molecule has 0 heterocycles. The van der Waals surface area contributed by atoms with Crippen LogP contribution < -0.4 is 16.0 Å². The lowest BCUT2D eigenvalue weighted by molar-refractivity contribution is -0.119. The van der Waals surface area contributed by atoms with E-state index in [4.69, 9.17) is 0 Å². The van der Waals surface area contributed by atoms with Gasteiger partial charge in [0.25, 0.3) is 0 Å². The Hall–Kier alpha value is -1.37. The number of carbonyl (C=O) groups is 3. The summed E-state index contributed by atoms with van der Waals surface area (Å²) in [5.74, 6) is -0.221. The molecule has 0 radical (unpaired) electrons. The largest absolute Gasteiger partial charge is 0.357 e. The van der Waals surface area contributed by atoms with Crippen LogP contribution in [-0.2, 0) is 14.4 Å². The van der Waals surface area contributed by atoms with E-state index in [1.165, 1.54) is 0 Å². The molecule has 0 aromatic carbocycles. The molecule has 0 aliphatic heterocycles. The van der Waals surface area contributed by atoms with Gasteiger partial charge in [-0.1, -0.05) is 6.55 Å². The van der Waals surface area contributed by atoms with Crippen LogP contribution >= 0.6 is 0 Å². The fourth-order valence-electron chi connectivity index (χ4n) is 2.13. The van der Waals surface area contributed by atoms with Gasteiger partial charge in [0, 0.05) is 37.8 Å². The van der Waals surface area contributed by atoms with Crippen molar-refractivity contribution in [1.29, 1.82) is 0 Å². The molecule has 0 bridgehead atoms. The molecular weight excluding hydrogens is 274 g/mol. The smallest absolute Gasteiger partial charge is 0.217 e. The molecule has 7 heteroatoms. The van der Waals surface area contributed by atoms with Gasteiger partial charge >= 0.3 is 0 Å². The Morgan fingerprint density at radius 2 is 0.950 bits per heavy atom. The molecule has 0 atom stereocenters. The van der Waals surface area contributed by atoms with Crippen molar-refractivity contribution in [3.05, 3.63) is 0 Å². The fourth-order valence-corrected chi connectivity index (χ4v) is 5.21. The topological polar surface area (TPSA) is 87.3 Å². The lowest BCUT2D eigenvalue weighted by Gasteiger charge is -2.25. The third-order valence-corrected chi connectivity index (χ3v) is 6.41. The van der Waals surface area contributed by atoms with E-state index in [9.17, 15) is 14.4 Å². The van der Waals surface area contributed by atoms with Crippen LogP contribution in [0.2, 0.25) is 24.7 Å². The zero-order valence-electron chi connectivity index (χ0n) is 13.0. The standard InChI is InChI=1S/C13H27N3O3Si/c1-5-14-11(17)8-20(4,9-12(18)15-6-2)10-13(19)16-7-3/h5-10H2,1-4H3,(H,14,17)(H,15,18)(H,16,19). The van der Waals surface area contributed by atoms with Crippen molar-refractivity contribution in [3.63, 3.8) is 0 Å². The summed E-state index contributed by atoms with van der Waals surface area (Å²) in [7, 11) is -2.29. The van der Waals surface area contributed by atoms with Gasteiger partial charge in [0.2, 0.25) is 17.7 Å². The number of hydrogen-bond acceptors (Lipinski definition) is 3. The number of carbonyl (C=O) groups excluding carboxylic acids is 3.